The average Bonchev–Trinajstić information content (AvgIpc) is 2.70. The lowest BCUT2D eigenvalue weighted by Crippen LogP contribution is -2.33. The van der Waals surface area contributed by atoms with Crippen LogP contribution in [0.5, 0.6) is 0 Å². The first kappa shape index (κ1) is 9.03. The summed E-state index contributed by atoms with van der Waals surface area (Å²) in [6.45, 7) is 1.71. The van der Waals surface area contributed by atoms with E-state index >= 15 is 0 Å². The third-order valence-corrected chi connectivity index (χ3v) is 1.88. The van der Waals surface area contributed by atoms with Gasteiger partial charge in [0.2, 0.25) is 11.8 Å². The van der Waals surface area contributed by atoms with Crippen molar-refractivity contribution in [3.63, 3.8) is 0 Å². The Morgan fingerprint density at radius 1 is 1.58 bits per heavy atom. The molecule has 0 aromatic heterocycles. The Labute approximate surface area is 71.5 Å². The Morgan fingerprint density at radius 3 is 2.58 bits per heavy atom. The lowest BCUT2D eigenvalue weighted by atomic mass is 10.1. The second kappa shape index (κ2) is 3.56. The molecule has 0 spiro atoms. The highest BCUT2D eigenvalue weighted by Gasteiger charge is 2.25. The molecule has 4 heteroatoms. The van der Waals surface area contributed by atoms with Crippen LogP contribution in [0.25, 0.3) is 0 Å². The zero-order valence-electron chi connectivity index (χ0n) is 7.17. The fourth-order valence-electron chi connectivity index (χ4n) is 0.966. The van der Waals surface area contributed by atoms with E-state index in [1.165, 1.54) is 0 Å². The molecule has 0 aromatic rings. The van der Waals surface area contributed by atoms with Gasteiger partial charge in [-0.05, 0) is 12.8 Å². The Morgan fingerprint density at radius 2 is 2.17 bits per heavy atom. The summed E-state index contributed by atoms with van der Waals surface area (Å²) in [6.07, 6.45) is 2.27. The number of amides is 2. The van der Waals surface area contributed by atoms with Crippen molar-refractivity contribution in [1.82, 2.24) is 5.32 Å². The molecule has 0 radical (unpaired) electrons. The van der Waals surface area contributed by atoms with Crippen LogP contribution in [0.1, 0.15) is 26.2 Å². The van der Waals surface area contributed by atoms with Crippen molar-refractivity contribution in [3.8, 4) is 0 Å². The lowest BCUT2D eigenvalue weighted by molar-refractivity contribution is -0.128. The summed E-state index contributed by atoms with van der Waals surface area (Å²) in [5, 5.41) is 2.81. The summed E-state index contributed by atoms with van der Waals surface area (Å²) in [4.78, 5) is 21.7. The van der Waals surface area contributed by atoms with Crippen LogP contribution >= 0.6 is 0 Å². The molecule has 1 aliphatic rings. The van der Waals surface area contributed by atoms with Gasteiger partial charge in [0.05, 0.1) is 0 Å². The van der Waals surface area contributed by atoms with E-state index in [1.54, 1.807) is 6.92 Å². The van der Waals surface area contributed by atoms with Gasteiger partial charge in [0.15, 0.2) is 0 Å². The summed E-state index contributed by atoms with van der Waals surface area (Å²) in [7, 11) is 0. The van der Waals surface area contributed by atoms with E-state index in [0.717, 1.165) is 12.8 Å². The Bertz CT molecular complexity index is 199. The number of rotatable bonds is 4. The standard InChI is InChI=1S/C8H14N2O2/c1-5(4-7(9)11)8(12)10-6-2-3-6/h5-6H,2-4H2,1H3,(H2,9,11)(H,10,12). The van der Waals surface area contributed by atoms with Crippen LogP contribution in [0, 0.1) is 5.92 Å². The molecular weight excluding hydrogens is 156 g/mol. The Kier molecular flexibility index (Phi) is 2.68. The quantitative estimate of drug-likeness (QED) is 0.612. The molecule has 1 fully saturated rings. The van der Waals surface area contributed by atoms with Crippen molar-refractivity contribution in [2.24, 2.45) is 11.7 Å². The van der Waals surface area contributed by atoms with Gasteiger partial charge in [-0.25, -0.2) is 0 Å². The first-order valence-electron chi connectivity index (χ1n) is 4.18. The van der Waals surface area contributed by atoms with Crippen LogP contribution in [-0.2, 0) is 9.59 Å². The van der Waals surface area contributed by atoms with Gasteiger partial charge in [0.1, 0.15) is 0 Å². The highest BCUT2D eigenvalue weighted by molar-refractivity contribution is 5.85. The molecule has 1 unspecified atom stereocenters. The van der Waals surface area contributed by atoms with Crippen LogP contribution in [0.2, 0.25) is 0 Å². The van der Waals surface area contributed by atoms with Gasteiger partial charge in [-0.3, -0.25) is 9.59 Å². The third kappa shape index (κ3) is 2.90. The van der Waals surface area contributed by atoms with Crippen molar-refractivity contribution in [2.75, 3.05) is 0 Å². The van der Waals surface area contributed by atoms with Crippen LogP contribution in [0.4, 0.5) is 0 Å². The molecule has 12 heavy (non-hydrogen) atoms. The molecule has 1 aliphatic carbocycles. The first-order valence-corrected chi connectivity index (χ1v) is 4.18. The SMILES string of the molecule is CC(CC(N)=O)C(=O)NC1CC1. The van der Waals surface area contributed by atoms with Gasteiger partial charge in [-0.15, -0.1) is 0 Å². The molecule has 1 atom stereocenters. The lowest BCUT2D eigenvalue weighted by Gasteiger charge is -2.08. The van der Waals surface area contributed by atoms with Gasteiger partial charge in [0.25, 0.3) is 0 Å². The minimum atomic E-state index is -0.423. The van der Waals surface area contributed by atoms with E-state index in [0.29, 0.717) is 6.04 Å². The van der Waals surface area contributed by atoms with Crippen molar-refractivity contribution >= 4 is 11.8 Å². The molecule has 1 saturated carbocycles. The smallest absolute Gasteiger partial charge is 0.223 e. The predicted octanol–water partition coefficient (Wildman–Crippen LogP) is -0.224. The van der Waals surface area contributed by atoms with Crippen LogP contribution in [-0.4, -0.2) is 17.9 Å². The summed E-state index contributed by atoms with van der Waals surface area (Å²) in [5.41, 5.74) is 4.96. The van der Waals surface area contributed by atoms with Gasteiger partial charge in [0, 0.05) is 18.4 Å². The number of nitrogens with two attached hydrogens (primary N) is 1. The number of nitrogens with one attached hydrogen (secondary N) is 1. The topological polar surface area (TPSA) is 72.2 Å². The summed E-state index contributed by atoms with van der Waals surface area (Å²) < 4.78 is 0. The molecule has 0 heterocycles. The minimum Gasteiger partial charge on any atom is -0.370 e. The van der Waals surface area contributed by atoms with E-state index in [2.05, 4.69) is 5.32 Å². The van der Waals surface area contributed by atoms with E-state index in [4.69, 9.17) is 5.73 Å². The van der Waals surface area contributed by atoms with Gasteiger partial charge in [-0.2, -0.15) is 0 Å². The second-order valence-corrected chi connectivity index (χ2v) is 3.35. The van der Waals surface area contributed by atoms with Crippen molar-refractivity contribution in [3.05, 3.63) is 0 Å². The van der Waals surface area contributed by atoms with Gasteiger partial charge < -0.3 is 11.1 Å². The molecular formula is C8H14N2O2. The summed E-state index contributed by atoms with van der Waals surface area (Å²) in [6, 6.07) is 0.354. The zero-order chi connectivity index (χ0) is 9.14. The number of carbonyl (C=O) groups is 2. The summed E-state index contributed by atoms with van der Waals surface area (Å²) >= 11 is 0. The monoisotopic (exact) mass is 170 g/mol. The minimum absolute atomic E-state index is 0.0590. The molecule has 68 valence electrons. The average molecular weight is 170 g/mol. The van der Waals surface area contributed by atoms with Crippen LogP contribution in [0.15, 0.2) is 0 Å². The normalized spacial score (nSPS) is 18.4. The van der Waals surface area contributed by atoms with Crippen LogP contribution in [0.3, 0.4) is 0 Å². The molecule has 0 bridgehead atoms. The highest BCUT2D eigenvalue weighted by atomic mass is 16.2. The van der Waals surface area contributed by atoms with Gasteiger partial charge >= 0.3 is 0 Å². The molecule has 0 saturated heterocycles. The molecule has 0 aliphatic heterocycles. The van der Waals surface area contributed by atoms with Crippen molar-refractivity contribution in [1.29, 1.82) is 0 Å². The predicted molar refractivity (Wildman–Crippen MR) is 44.1 cm³/mol. The largest absolute Gasteiger partial charge is 0.370 e. The maximum Gasteiger partial charge on any atom is 0.223 e. The maximum atomic E-state index is 11.2. The van der Waals surface area contributed by atoms with Crippen molar-refractivity contribution < 1.29 is 9.59 Å². The van der Waals surface area contributed by atoms with Crippen LogP contribution < -0.4 is 11.1 Å². The van der Waals surface area contributed by atoms with Crippen molar-refractivity contribution in [2.45, 2.75) is 32.2 Å². The fourth-order valence-corrected chi connectivity index (χ4v) is 0.966. The number of hydrogen-bond acceptors (Lipinski definition) is 2. The van der Waals surface area contributed by atoms with E-state index < -0.39 is 5.91 Å². The molecule has 0 aromatic carbocycles. The third-order valence-electron chi connectivity index (χ3n) is 1.88. The number of carbonyl (C=O) groups excluding carboxylic acids is 2. The Hall–Kier alpha value is -1.06. The molecule has 4 nitrogen and oxygen atoms in total. The first-order chi connectivity index (χ1) is 5.59. The maximum absolute atomic E-state index is 11.2. The Balaban J connectivity index is 2.24. The fraction of sp³-hybridized carbons (Fsp3) is 0.750. The van der Waals surface area contributed by atoms with Gasteiger partial charge in [-0.1, -0.05) is 6.92 Å². The van der Waals surface area contributed by atoms with E-state index in [1.807, 2.05) is 0 Å². The van der Waals surface area contributed by atoms with E-state index in [9.17, 15) is 9.59 Å². The summed E-state index contributed by atoms with van der Waals surface area (Å²) in [5.74, 6) is -0.771. The number of primary amides is 1. The molecule has 1 rings (SSSR count). The zero-order valence-corrected chi connectivity index (χ0v) is 7.17. The van der Waals surface area contributed by atoms with E-state index in [-0.39, 0.29) is 18.2 Å². The highest BCUT2D eigenvalue weighted by Crippen LogP contribution is 2.19. The second-order valence-electron chi connectivity index (χ2n) is 3.35. The molecule has 2 amide bonds. The molecule has 3 N–H and O–H groups in total. The number of hydrogen-bond donors (Lipinski definition) is 2.